The van der Waals surface area contributed by atoms with E-state index >= 15 is 0 Å². The summed E-state index contributed by atoms with van der Waals surface area (Å²) in [6, 6.07) is 18.4. The second-order valence-electron chi connectivity index (χ2n) is 6.22. The molecule has 0 radical (unpaired) electrons. The summed E-state index contributed by atoms with van der Waals surface area (Å²) in [4.78, 5) is 17.7. The quantitative estimate of drug-likeness (QED) is 0.399. The van der Waals surface area contributed by atoms with Crippen LogP contribution in [0.15, 0.2) is 69.9 Å². The van der Waals surface area contributed by atoms with Gasteiger partial charge in [-0.1, -0.05) is 70.9 Å². The van der Waals surface area contributed by atoms with Gasteiger partial charge in [0.1, 0.15) is 16.1 Å². The number of rotatable bonds is 3. The first-order chi connectivity index (χ1) is 14.1. The molecule has 29 heavy (non-hydrogen) atoms. The van der Waals surface area contributed by atoms with Gasteiger partial charge in [-0.3, -0.25) is 4.79 Å². The van der Waals surface area contributed by atoms with E-state index in [1.807, 2.05) is 36.4 Å². The zero-order valence-electron chi connectivity index (χ0n) is 14.7. The molecule has 0 bridgehead atoms. The highest BCUT2D eigenvalue weighted by Crippen LogP contribution is 2.34. The summed E-state index contributed by atoms with van der Waals surface area (Å²) in [6.07, 6.45) is 1.67. The third-order valence-corrected chi connectivity index (χ3v) is 6.11. The average Bonchev–Trinajstić information content (AvgIpc) is 3.43. The number of nitrogens with zero attached hydrogens (tertiary/aromatic N) is 3. The largest absolute Gasteiger partial charge is 0.457 e. The molecule has 0 fully saturated rings. The maximum absolute atomic E-state index is 12.7. The first-order valence-electron chi connectivity index (χ1n) is 8.61. The number of thiazole rings is 1. The first kappa shape index (κ1) is 18.1. The Kier molecular flexibility index (Phi) is 4.47. The second kappa shape index (κ2) is 7.15. The predicted octanol–water partition coefficient (Wildman–Crippen LogP) is 4.93. The van der Waals surface area contributed by atoms with Crippen molar-refractivity contribution in [1.29, 1.82) is 0 Å². The van der Waals surface area contributed by atoms with E-state index < -0.39 is 0 Å². The van der Waals surface area contributed by atoms with Crippen molar-refractivity contribution in [2.45, 2.75) is 0 Å². The summed E-state index contributed by atoms with van der Waals surface area (Å²) in [6.45, 7) is 0. The van der Waals surface area contributed by atoms with E-state index in [0.29, 0.717) is 42.4 Å². The molecule has 3 aromatic heterocycles. The van der Waals surface area contributed by atoms with E-state index in [1.165, 1.54) is 15.9 Å². The van der Waals surface area contributed by atoms with Crippen LogP contribution in [0.4, 0.5) is 0 Å². The molecular weight excluding hydrogens is 429 g/mol. The molecule has 0 amide bonds. The lowest BCUT2D eigenvalue weighted by Crippen LogP contribution is -2.23. The van der Waals surface area contributed by atoms with E-state index in [2.05, 4.69) is 10.1 Å². The predicted molar refractivity (Wildman–Crippen MR) is 116 cm³/mol. The van der Waals surface area contributed by atoms with Gasteiger partial charge in [0, 0.05) is 17.2 Å². The van der Waals surface area contributed by atoms with Crippen LogP contribution < -0.4 is 10.1 Å². The molecule has 142 valence electrons. The highest BCUT2D eigenvalue weighted by atomic mass is 35.5. The highest BCUT2D eigenvalue weighted by Gasteiger charge is 2.13. The minimum absolute atomic E-state index is 0.238. The molecule has 0 atom stereocenters. The third kappa shape index (κ3) is 3.25. The van der Waals surface area contributed by atoms with Gasteiger partial charge in [0.25, 0.3) is 5.56 Å². The average molecular weight is 440 g/mol. The van der Waals surface area contributed by atoms with Crippen LogP contribution in [0.5, 0.6) is 0 Å². The number of aromatic nitrogens is 3. The maximum atomic E-state index is 12.7. The molecule has 0 unspecified atom stereocenters. The van der Waals surface area contributed by atoms with E-state index in [9.17, 15) is 4.79 Å². The molecule has 0 aliphatic heterocycles. The molecule has 5 nitrogen and oxygen atoms in total. The molecule has 0 N–H and O–H groups in total. The summed E-state index contributed by atoms with van der Waals surface area (Å²) >= 11 is 13.6. The number of furan rings is 1. The first-order valence-corrected chi connectivity index (χ1v) is 10.2. The molecule has 8 heteroatoms. The van der Waals surface area contributed by atoms with Gasteiger partial charge in [-0.15, -0.1) is 5.10 Å². The molecular formula is C21H11Cl2N3O2S. The van der Waals surface area contributed by atoms with Crippen LogP contribution in [0.3, 0.4) is 0 Å². The topological polar surface area (TPSA) is 60.4 Å². The molecule has 0 aliphatic carbocycles. The van der Waals surface area contributed by atoms with Crippen LogP contribution in [0, 0.1) is 0 Å². The molecule has 5 aromatic rings. The van der Waals surface area contributed by atoms with Gasteiger partial charge >= 0.3 is 0 Å². The standard InChI is InChI=1S/C21H11Cl2N3O2S/c22-15-8-4-7-14(18(15)23)16-10-9-13(28-16)11-17-20(27)26-21(29-17)24-19(25-26)12-5-2-1-3-6-12/h1-11H. The van der Waals surface area contributed by atoms with Gasteiger partial charge in [-0.25, -0.2) is 0 Å². The monoisotopic (exact) mass is 439 g/mol. The maximum Gasteiger partial charge on any atom is 0.291 e. The smallest absolute Gasteiger partial charge is 0.291 e. The Bertz CT molecular complexity index is 1450. The minimum atomic E-state index is -0.238. The van der Waals surface area contributed by atoms with Crippen LogP contribution in [-0.2, 0) is 0 Å². The fourth-order valence-electron chi connectivity index (χ4n) is 2.94. The van der Waals surface area contributed by atoms with Crippen molar-refractivity contribution in [3.8, 4) is 22.7 Å². The lowest BCUT2D eigenvalue weighted by molar-refractivity contribution is 0.571. The van der Waals surface area contributed by atoms with Crippen molar-refractivity contribution in [1.82, 2.24) is 14.6 Å². The summed E-state index contributed by atoms with van der Waals surface area (Å²) in [5.41, 5.74) is 1.32. The Labute approximate surface area is 178 Å². The second-order valence-corrected chi connectivity index (χ2v) is 8.01. The third-order valence-electron chi connectivity index (χ3n) is 4.33. The van der Waals surface area contributed by atoms with Crippen LogP contribution in [0.25, 0.3) is 33.7 Å². The Morgan fingerprint density at radius 2 is 1.83 bits per heavy atom. The summed E-state index contributed by atoms with van der Waals surface area (Å²) in [5, 5.41) is 5.21. The van der Waals surface area contributed by atoms with Crippen molar-refractivity contribution < 1.29 is 4.42 Å². The van der Waals surface area contributed by atoms with Crippen molar-refractivity contribution in [2.75, 3.05) is 0 Å². The Morgan fingerprint density at radius 3 is 2.62 bits per heavy atom. The van der Waals surface area contributed by atoms with E-state index in [4.69, 9.17) is 27.6 Å². The van der Waals surface area contributed by atoms with Crippen molar-refractivity contribution >= 4 is 45.6 Å². The minimum Gasteiger partial charge on any atom is -0.457 e. The SMILES string of the molecule is O=c1c(=Cc2ccc(-c3cccc(Cl)c3Cl)o2)sc2nc(-c3ccccc3)nn12. The number of hydrogen-bond donors (Lipinski definition) is 0. The highest BCUT2D eigenvalue weighted by molar-refractivity contribution is 7.15. The zero-order chi connectivity index (χ0) is 20.0. The fourth-order valence-corrected chi connectivity index (χ4v) is 4.22. The summed E-state index contributed by atoms with van der Waals surface area (Å²) in [5.74, 6) is 1.62. The van der Waals surface area contributed by atoms with E-state index in [-0.39, 0.29) is 5.56 Å². The van der Waals surface area contributed by atoms with Crippen molar-refractivity contribution in [3.63, 3.8) is 0 Å². The van der Waals surface area contributed by atoms with Gasteiger partial charge < -0.3 is 4.42 Å². The van der Waals surface area contributed by atoms with Crippen LogP contribution in [0.2, 0.25) is 10.0 Å². The lowest BCUT2D eigenvalue weighted by Gasteiger charge is -2.01. The fraction of sp³-hybridized carbons (Fsp3) is 0. The zero-order valence-corrected chi connectivity index (χ0v) is 17.0. The van der Waals surface area contributed by atoms with Gasteiger partial charge in [-0.2, -0.15) is 9.50 Å². The van der Waals surface area contributed by atoms with Crippen LogP contribution in [0.1, 0.15) is 5.76 Å². The van der Waals surface area contributed by atoms with Gasteiger partial charge in [0.15, 0.2) is 5.82 Å². The molecule has 0 aliphatic rings. The molecule has 2 aromatic carbocycles. The normalized spacial score (nSPS) is 12.1. The number of benzene rings is 2. The Hall–Kier alpha value is -2.93. The van der Waals surface area contributed by atoms with Gasteiger partial charge in [0.05, 0.1) is 10.0 Å². The Morgan fingerprint density at radius 1 is 1.00 bits per heavy atom. The molecule has 5 rings (SSSR count). The lowest BCUT2D eigenvalue weighted by atomic mass is 10.2. The molecule has 0 saturated carbocycles. The van der Waals surface area contributed by atoms with Crippen LogP contribution in [-0.4, -0.2) is 14.6 Å². The molecule has 0 saturated heterocycles. The molecule has 0 spiro atoms. The van der Waals surface area contributed by atoms with Crippen LogP contribution >= 0.6 is 34.5 Å². The number of fused-ring (bicyclic) bond motifs is 1. The van der Waals surface area contributed by atoms with Crippen molar-refractivity contribution in [2.24, 2.45) is 0 Å². The number of hydrogen-bond acceptors (Lipinski definition) is 5. The summed E-state index contributed by atoms with van der Waals surface area (Å²) < 4.78 is 7.65. The number of halogens is 2. The van der Waals surface area contributed by atoms with E-state index in [1.54, 1.807) is 30.3 Å². The summed E-state index contributed by atoms with van der Waals surface area (Å²) in [7, 11) is 0. The van der Waals surface area contributed by atoms with Gasteiger partial charge in [0.2, 0.25) is 4.96 Å². The van der Waals surface area contributed by atoms with Crippen molar-refractivity contribution in [3.05, 3.63) is 91.4 Å². The Balaban J connectivity index is 1.54. The molecule has 3 heterocycles. The van der Waals surface area contributed by atoms with E-state index in [0.717, 1.165) is 5.56 Å². The van der Waals surface area contributed by atoms with Gasteiger partial charge in [-0.05, 0) is 24.3 Å².